The SMILES string of the molecule is CC(=O)N1CCc2ccc(S(=O)(=O)N[C@H](C)C(=O)O)cc21. The zero-order chi connectivity index (χ0) is 15.8. The Hall–Kier alpha value is -1.93. The summed E-state index contributed by atoms with van der Waals surface area (Å²) in [7, 11) is -3.94. The maximum absolute atomic E-state index is 12.1. The predicted octanol–water partition coefficient (Wildman–Crippen LogP) is 0.347. The van der Waals surface area contributed by atoms with E-state index in [0.29, 0.717) is 18.7 Å². The molecule has 0 fully saturated rings. The maximum atomic E-state index is 12.1. The van der Waals surface area contributed by atoms with E-state index in [9.17, 15) is 18.0 Å². The zero-order valence-electron chi connectivity index (χ0n) is 11.7. The summed E-state index contributed by atoms with van der Waals surface area (Å²) in [5.74, 6) is -1.42. The highest BCUT2D eigenvalue weighted by molar-refractivity contribution is 7.89. The smallest absolute Gasteiger partial charge is 0.321 e. The average molecular weight is 312 g/mol. The summed E-state index contributed by atoms with van der Waals surface area (Å²) >= 11 is 0. The number of nitrogens with zero attached hydrogens (tertiary/aromatic N) is 1. The Morgan fingerprint density at radius 2 is 2.05 bits per heavy atom. The number of amides is 1. The van der Waals surface area contributed by atoms with E-state index in [-0.39, 0.29) is 10.8 Å². The number of benzene rings is 1. The van der Waals surface area contributed by atoms with Crippen molar-refractivity contribution in [2.45, 2.75) is 31.2 Å². The molecule has 114 valence electrons. The number of hydrogen-bond donors (Lipinski definition) is 2. The van der Waals surface area contributed by atoms with Crippen LogP contribution in [0.4, 0.5) is 5.69 Å². The number of rotatable bonds is 4. The summed E-state index contributed by atoms with van der Waals surface area (Å²) in [4.78, 5) is 23.7. The molecule has 0 bridgehead atoms. The number of fused-ring (bicyclic) bond motifs is 1. The average Bonchev–Trinajstić information content (AvgIpc) is 2.80. The third-order valence-corrected chi connectivity index (χ3v) is 4.88. The van der Waals surface area contributed by atoms with Gasteiger partial charge in [-0.15, -0.1) is 0 Å². The van der Waals surface area contributed by atoms with Gasteiger partial charge in [-0.05, 0) is 31.0 Å². The molecule has 0 spiro atoms. The molecule has 1 aromatic rings. The standard InChI is InChI=1S/C13H16N2O5S/c1-8(13(17)18)14-21(19,20)11-4-3-10-5-6-15(9(2)16)12(10)7-11/h3-4,7-8,14H,5-6H2,1-2H3,(H,17,18)/t8-/m1/s1. The number of carbonyl (C=O) groups excluding carboxylic acids is 1. The molecule has 2 N–H and O–H groups in total. The van der Waals surface area contributed by atoms with Gasteiger partial charge >= 0.3 is 5.97 Å². The quantitative estimate of drug-likeness (QED) is 0.834. The Bertz CT molecular complexity index is 699. The molecule has 1 heterocycles. The molecule has 0 unspecified atom stereocenters. The van der Waals surface area contributed by atoms with Crippen molar-refractivity contribution in [1.29, 1.82) is 0 Å². The molecular formula is C13H16N2O5S. The van der Waals surface area contributed by atoms with Crippen molar-refractivity contribution in [1.82, 2.24) is 4.72 Å². The van der Waals surface area contributed by atoms with Gasteiger partial charge in [-0.2, -0.15) is 4.72 Å². The fraction of sp³-hybridized carbons (Fsp3) is 0.385. The van der Waals surface area contributed by atoms with E-state index in [1.165, 1.54) is 30.9 Å². The van der Waals surface area contributed by atoms with Crippen LogP contribution in [0.5, 0.6) is 0 Å². The first-order valence-corrected chi connectivity index (χ1v) is 7.87. The number of carboxylic acids is 1. The normalized spacial score (nSPS) is 15.6. The van der Waals surface area contributed by atoms with Crippen LogP contribution in [0, 0.1) is 0 Å². The molecular weight excluding hydrogens is 296 g/mol. The van der Waals surface area contributed by atoms with Crippen LogP contribution in [0.3, 0.4) is 0 Å². The van der Waals surface area contributed by atoms with Crippen LogP contribution in [-0.2, 0) is 26.0 Å². The molecule has 1 aliphatic heterocycles. The van der Waals surface area contributed by atoms with Crippen LogP contribution in [-0.4, -0.2) is 38.0 Å². The lowest BCUT2D eigenvalue weighted by molar-refractivity contribution is -0.138. The van der Waals surface area contributed by atoms with E-state index < -0.39 is 22.0 Å². The lowest BCUT2D eigenvalue weighted by Crippen LogP contribution is -2.38. The van der Waals surface area contributed by atoms with Gasteiger partial charge in [0, 0.05) is 19.2 Å². The maximum Gasteiger partial charge on any atom is 0.321 e. The van der Waals surface area contributed by atoms with E-state index in [1.54, 1.807) is 6.07 Å². The highest BCUT2D eigenvalue weighted by Crippen LogP contribution is 2.30. The topological polar surface area (TPSA) is 104 Å². The van der Waals surface area contributed by atoms with Crippen LogP contribution in [0.1, 0.15) is 19.4 Å². The van der Waals surface area contributed by atoms with Crippen LogP contribution >= 0.6 is 0 Å². The third-order valence-electron chi connectivity index (χ3n) is 3.35. The third kappa shape index (κ3) is 3.06. The number of carbonyl (C=O) groups is 2. The van der Waals surface area contributed by atoms with Crippen LogP contribution < -0.4 is 9.62 Å². The minimum Gasteiger partial charge on any atom is -0.480 e. The van der Waals surface area contributed by atoms with Gasteiger partial charge in [-0.3, -0.25) is 9.59 Å². The van der Waals surface area contributed by atoms with Crippen molar-refractivity contribution in [3.63, 3.8) is 0 Å². The summed E-state index contributed by atoms with van der Waals surface area (Å²) in [5, 5.41) is 8.78. The molecule has 0 aromatic heterocycles. The first-order valence-electron chi connectivity index (χ1n) is 6.38. The van der Waals surface area contributed by atoms with Gasteiger partial charge in [0.1, 0.15) is 6.04 Å². The number of nitrogens with one attached hydrogen (secondary N) is 1. The van der Waals surface area contributed by atoms with E-state index in [2.05, 4.69) is 4.72 Å². The molecule has 0 radical (unpaired) electrons. The number of aliphatic carboxylic acids is 1. The molecule has 0 saturated heterocycles. The summed E-state index contributed by atoms with van der Waals surface area (Å²) in [5.41, 5.74) is 1.46. The Labute approximate surface area is 122 Å². The van der Waals surface area contributed by atoms with Crippen LogP contribution in [0.25, 0.3) is 0 Å². The van der Waals surface area contributed by atoms with E-state index >= 15 is 0 Å². The van der Waals surface area contributed by atoms with Gasteiger partial charge in [-0.1, -0.05) is 6.07 Å². The molecule has 7 nitrogen and oxygen atoms in total. The fourth-order valence-corrected chi connectivity index (χ4v) is 3.42. The molecule has 2 rings (SSSR count). The lowest BCUT2D eigenvalue weighted by atomic mass is 10.2. The molecule has 21 heavy (non-hydrogen) atoms. The molecule has 1 aliphatic rings. The lowest BCUT2D eigenvalue weighted by Gasteiger charge is -2.16. The number of carboxylic acid groups (broad SMARTS) is 1. The van der Waals surface area contributed by atoms with Gasteiger partial charge in [0.15, 0.2) is 0 Å². The monoisotopic (exact) mass is 312 g/mol. The zero-order valence-corrected chi connectivity index (χ0v) is 12.5. The molecule has 1 aromatic carbocycles. The summed E-state index contributed by atoms with van der Waals surface area (Å²) in [6.07, 6.45) is 0.675. The number of sulfonamides is 1. The molecule has 1 amide bonds. The number of anilines is 1. The Morgan fingerprint density at radius 3 is 2.62 bits per heavy atom. The Balaban J connectivity index is 2.36. The second-order valence-corrected chi connectivity index (χ2v) is 6.61. The van der Waals surface area contributed by atoms with Gasteiger partial charge in [0.2, 0.25) is 15.9 Å². The minimum atomic E-state index is -3.94. The van der Waals surface area contributed by atoms with Gasteiger partial charge in [0.25, 0.3) is 0 Å². The van der Waals surface area contributed by atoms with Crippen molar-refractivity contribution in [2.75, 3.05) is 11.4 Å². The first kappa shape index (κ1) is 15.5. The van der Waals surface area contributed by atoms with Crippen molar-refractivity contribution < 1.29 is 23.1 Å². The van der Waals surface area contributed by atoms with Crippen molar-refractivity contribution in [2.24, 2.45) is 0 Å². The summed E-state index contributed by atoms with van der Waals surface area (Å²) in [6.45, 7) is 3.18. The van der Waals surface area contributed by atoms with Gasteiger partial charge in [0.05, 0.1) is 4.90 Å². The van der Waals surface area contributed by atoms with Gasteiger partial charge < -0.3 is 10.0 Å². The summed E-state index contributed by atoms with van der Waals surface area (Å²) < 4.78 is 26.4. The molecule has 0 aliphatic carbocycles. The highest BCUT2D eigenvalue weighted by atomic mass is 32.2. The first-order chi connectivity index (χ1) is 9.72. The van der Waals surface area contributed by atoms with Gasteiger partial charge in [-0.25, -0.2) is 8.42 Å². The fourth-order valence-electron chi connectivity index (χ4n) is 2.20. The molecule has 1 atom stereocenters. The molecule has 0 saturated carbocycles. The van der Waals surface area contributed by atoms with Crippen LogP contribution in [0.15, 0.2) is 23.1 Å². The number of hydrogen-bond acceptors (Lipinski definition) is 4. The predicted molar refractivity (Wildman–Crippen MR) is 75.6 cm³/mol. The van der Waals surface area contributed by atoms with Crippen molar-refractivity contribution in [3.8, 4) is 0 Å². The Morgan fingerprint density at radius 1 is 1.38 bits per heavy atom. The summed E-state index contributed by atoms with van der Waals surface area (Å²) in [6, 6.07) is 3.24. The van der Waals surface area contributed by atoms with E-state index in [1.807, 2.05) is 0 Å². The second-order valence-electron chi connectivity index (χ2n) is 4.89. The highest BCUT2D eigenvalue weighted by Gasteiger charge is 2.26. The Kier molecular flexibility index (Phi) is 4.02. The minimum absolute atomic E-state index is 0.0532. The van der Waals surface area contributed by atoms with Crippen LogP contribution in [0.2, 0.25) is 0 Å². The van der Waals surface area contributed by atoms with Crippen molar-refractivity contribution in [3.05, 3.63) is 23.8 Å². The van der Waals surface area contributed by atoms with E-state index in [0.717, 1.165) is 5.56 Å². The van der Waals surface area contributed by atoms with Crippen molar-refractivity contribution >= 4 is 27.6 Å². The van der Waals surface area contributed by atoms with E-state index in [4.69, 9.17) is 5.11 Å². The molecule has 8 heteroatoms. The second kappa shape index (κ2) is 5.45. The largest absolute Gasteiger partial charge is 0.480 e.